The molecule has 0 aliphatic carbocycles. The summed E-state index contributed by atoms with van der Waals surface area (Å²) in [6.07, 6.45) is 3.11. The lowest BCUT2D eigenvalue weighted by Crippen LogP contribution is -1.83. The van der Waals surface area contributed by atoms with E-state index in [4.69, 9.17) is 9.68 Å². The molecule has 1 aromatic carbocycles. The average Bonchev–Trinajstić information content (AvgIpc) is 2.71. The second kappa shape index (κ2) is 4.20. The van der Waals surface area contributed by atoms with Gasteiger partial charge in [0.15, 0.2) is 0 Å². The lowest BCUT2D eigenvalue weighted by atomic mass is 10.2. The van der Waals surface area contributed by atoms with Crippen molar-refractivity contribution in [2.24, 2.45) is 0 Å². The highest BCUT2D eigenvalue weighted by Gasteiger charge is 2.07. The van der Waals surface area contributed by atoms with E-state index in [1.54, 1.807) is 12.3 Å². The Morgan fingerprint density at radius 3 is 3.00 bits per heavy atom. The van der Waals surface area contributed by atoms with E-state index in [0.29, 0.717) is 10.8 Å². The van der Waals surface area contributed by atoms with E-state index in [9.17, 15) is 0 Å². The number of nitriles is 1. The molecule has 0 unspecified atom stereocenters. The third kappa shape index (κ3) is 2.20. The van der Waals surface area contributed by atoms with Gasteiger partial charge < -0.3 is 4.42 Å². The van der Waals surface area contributed by atoms with Crippen LogP contribution in [-0.4, -0.2) is 4.98 Å². The zero-order chi connectivity index (χ0) is 10.7. The van der Waals surface area contributed by atoms with Gasteiger partial charge in [0.25, 0.3) is 5.22 Å². The Kier molecular flexibility index (Phi) is 2.75. The summed E-state index contributed by atoms with van der Waals surface area (Å²) >= 11 is 1.36. The highest BCUT2D eigenvalue weighted by atomic mass is 32.2. The molecule has 0 amide bonds. The summed E-state index contributed by atoms with van der Waals surface area (Å²) < 4.78 is 5.12. The van der Waals surface area contributed by atoms with Crippen LogP contribution >= 0.6 is 11.8 Å². The molecule has 15 heavy (non-hydrogen) atoms. The van der Waals surface area contributed by atoms with Crippen LogP contribution < -0.4 is 0 Å². The fraction of sp³-hybridized carbons (Fsp3) is 0.0909. The van der Waals surface area contributed by atoms with Gasteiger partial charge >= 0.3 is 0 Å². The van der Waals surface area contributed by atoms with Gasteiger partial charge in [-0.2, -0.15) is 5.26 Å². The minimum Gasteiger partial charge on any atom is -0.440 e. The highest BCUT2D eigenvalue weighted by molar-refractivity contribution is 7.99. The summed E-state index contributed by atoms with van der Waals surface area (Å²) in [6.45, 7) is 1.99. The molecule has 0 aliphatic rings. The number of aromatic nitrogens is 1. The van der Waals surface area contributed by atoms with Crippen LogP contribution in [0.15, 0.2) is 45.2 Å². The number of nitrogens with zero attached hydrogens (tertiary/aromatic N) is 2. The molecule has 4 heteroatoms. The zero-order valence-corrected chi connectivity index (χ0v) is 8.91. The van der Waals surface area contributed by atoms with Crippen LogP contribution in [0.3, 0.4) is 0 Å². The Hall–Kier alpha value is -1.73. The normalized spacial score (nSPS) is 9.87. The maximum absolute atomic E-state index is 8.92. The molecule has 0 spiro atoms. The fourth-order valence-electron chi connectivity index (χ4n) is 1.16. The van der Waals surface area contributed by atoms with Crippen LogP contribution in [0.2, 0.25) is 0 Å². The molecule has 0 saturated carbocycles. The minimum atomic E-state index is 0.553. The third-order valence-corrected chi connectivity index (χ3v) is 2.80. The number of hydrogen-bond donors (Lipinski definition) is 0. The SMILES string of the molecule is Cc1ccc(C#N)c(Sc2ncco2)c1. The predicted molar refractivity (Wildman–Crippen MR) is 56.5 cm³/mol. The van der Waals surface area contributed by atoms with Gasteiger partial charge in [0.05, 0.1) is 11.8 Å². The fourth-order valence-corrected chi connectivity index (χ4v) is 2.04. The van der Waals surface area contributed by atoms with Crippen LogP contribution in [0, 0.1) is 18.3 Å². The van der Waals surface area contributed by atoms with Gasteiger partial charge in [-0.15, -0.1) is 0 Å². The van der Waals surface area contributed by atoms with E-state index in [1.807, 2.05) is 19.1 Å². The van der Waals surface area contributed by atoms with Crippen molar-refractivity contribution >= 4 is 11.8 Å². The van der Waals surface area contributed by atoms with Crippen LogP contribution in [0.1, 0.15) is 11.1 Å². The van der Waals surface area contributed by atoms with Crippen molar-refractivity contribution in [2.75, 3.05) is 0 Å². The molecule has 0 radical (unpaired) electrons. The van der Waals surface area contributed by atoms with Gasteiger partial charge in [-0.25, -0.2) is 4.98 Å². The second-order valence-electron chi connectivity index (χ2n) is 3.01. The summed E-state index contributed by atoms with van der Waals surface area (Å²) in [5.74, 6) is 0. The lowest BCUT2D eigenvalue weighted by Gasteiger charge is -2.01. The first-order valence-electron chi connectivity index (χ1n) is 4.37. The van der Waals surface area contributed by atoms with Crippen molar-refractivity contribution in [2.45, 2.75) is 17.0 Å². The van der Waals surface area contributed by atoms with Crippen molar-refractivity contribution in [1.82, 2.24) is 4.98 Å². The molecule has 0 fully saturated rings. The zero-order valence-electron chi connectivity index (χ0n) is 8.10. The van der Waals surface area contributed by atoms with E-state index in [0.717, 1.165) is 10.5 Å². The lowest BCUT2D eigenvalue weighted by molar-refractivity contribution is 0.454. The van der Waals surface area contributed by atoms with Crippen LogP contribution in [0.4, 0.5) is 0 Å². The molecule has 3 nitrogen and oxygen atoms in total. The number of hydrogen-bond acceptors (Lipinski definition) is 4. The van der Waals surface area contributed by atoms with Crippen LogP contribution in [-0.2, 0) is 0 Å². The van der Waals surface area contributed by atoms with Crippen LogP contribution in [0.25, 0.3) is 0 Å². The molecule has 0 saturated heterocycles. The summed E-state index contributed by atoms with van der Waals surface area (Å²) in [6, 6.07) is 7.82. The average molecular weight is 216 g/mol. The molecule has 0 N–H and O–H groups in total. The first-order valence-corrected chi connectivity index (χ1v) is 5.19. The minimum absolute atomic E-state index is 0.553. The summed E-state index contributed by atoms with van der Waals surface area (Å²) in [7, 11) is 0. The van der Waals surface area contributed by atoms with Gasteiger partial charge in [0, 0.05) is 4.90 Å². The highest BCUT2D eigenvalue weighted by Crippen LogP contribution is 2.29. The van der Waals surface area contributed by atoms with Crippen molar-refractivity contribution in [1.29, 1.82) is 5.26 Å². The number of aryl methyl sites for hydroxylation is 1. The smallest absolute Gasteiger partial charge is 0.260 e. The third-order valence-electron chi connectivity index (χ3n) is 1.86. The van der Waals surface area contributed by atoms with Crippen molar-refractivity contribution in [3.63, 3.8) is 0 Å². The summed E-state index contributed by atoms with van der Waals surface area (Å²) in [5, 5.41) is 9.48. The summed E-state index contributed by atoms with van der Waals surface area (Å²) in [4.78, 5) is 4.88. The predicted octanol–water partition coefficient (Wildman–Crippen LogP) is 3.01. The van der Waals surface area contributed by atoms with Gasteiger partial charge in [-0.1, -0.05) is 6.07 Å². The first-order chi connectivity index (χ1) is 7.29. The quantitative estimate of drug-likeness (QED) is 0.774. The molecular formula is C11H8N2OS. The number of benzene rings is 1. The molecule has 2 rings (SSSR count). The molecule has 0 atom stereocenters. The van der Waals surface area contributed by atoms with Gasteiger partial charge in [0.1, 0.15) is 12.3 Å². The Balaban J connectivity index is 2.35. The molecule has 0 bridgehead atoms. The van der Waals surface area contributed by atoms with Crippen molar-refractivity contribution in [3.8, 4) is 6.07 Å². The molecule has 1 aromatic heterocycles. The molecule has 2 aromatic rings. The first kappa shape index (κ1) is 9.81. The second-order valence-corrected chi connectivity index (χ2v) is 4.00. The standard InChI is InChI=1S/C11H8N2OS/c1-8-2-3-9(7-12)10(6-8)15-11-13-4-5-14-11/h2-6H,1H3. The molecule has 0 aliphatic heterocycles. The summed E-state index contributed by atoms with van der Waals surface area (Å²) in [5.41, 5.74) is 1.76. The van der Waals surface area contributed by atoms with E-state index < -0.39 is 0 Å². The van der Waals surface area contributed by atoms with E-state index in [-0.39, 0.29) is 0 Å². The molecule has 74 valence electrons. The Morgan fingerprint density at radius 1 is 1.47 bits per heavy atom. The topological polar surface area (TPSA) is 49.8 Å². The largest absolute Gasteiger partial charge is 0.440 e. The number of rotatable bonds is 2. The van der Waals surface area contributed by atoms with Gasteiger partial charge in [-0.3, -0.25) is 0 Å². The Bertz CT molecular complexity index is 500. The Labute approximate surface area is 91.7 Å². The van der Waals surface area contributed by atoms with Gasteiger partial charge in [-0.05, 0) is 36.4 Å². The number of oxazole rings is 1. The van der Waals surface area contributed by atoms with E-state index in [2.05, 4.69) is 11.1 Å². The molecule has 1 heterocycles. The van der Waals surface area contributed by atoms with E-state index >= 15 is 0 Å². The van der Waals surface area contributed by atoms with E-state index in [1.165, 1.54) is 18.0 Å². The van der Waals surface area contributed by atoms with Crippen molar-refractivity contribution < 1.29 is 4.42 Å². The maximum atomic E-state index is 8.92. The van der Waals surface area contributed by atoms with Gasteiger partial charge in [0.2, 0.25) is 0 Å². The Morgan fingerprint density at radius 2 is 2.33 bits per heavy atom. The maximum Gasteiger partial charge on any atom is 0.260 e. The molecular weight excluding hydrogens is 208 g/mol. The van der Waals surface area contributed by atoms with Crippen LogP contribution in [0.5, 0.6) is 0 Å². The van der Waals surface area contributed by atoms with Crippen molar-refractivity contribution in [3.05, 3.63) is 41.8 Å². The monoisotopic (exact) mass is 216 g/mol.